The van der Waals surface area contributed by atoms with Gasteiger partial charge in [-0.2, -0.15) is 0 Å². The number of hydrogen-bond acceptors (Lipinski definition) is 2. The summed E-state index contributed by atoms with van der Waals surface area (Å²) in [6.45, 7) is 6.38. The Hall–Kier alpha value is -2.33. The summed E-state index contributed by atoms with van der Waals surface area (Å²) in [5.41, 5.74) is 4.52. The minimum Gasteiger partial charge on any atom is -0.345 e. The highest BCUT2D eigenvalue weighted by molar-refractivity contribution is 6.34. The van der Waals surface area contributed by atoms with Crippen molar-refractivity contribution in [2.24, 2.45) is 0 Å². The second-order valence-corrected chi connectivity index (χ2v) is 7.41. The van der Waals surface area contributed by atoms with E-state index >= 15 is 0 Å². The van der Waals surface area contributed by atoms with E-state index in [1.54, 1.807) is 20.2 Å². The number of carbonyl (C=O) groups excluding carboxylic acids is 1. The van der Waals surface area contributed by atoms with Gasteiger partial charge >= 0.3 is 0 Å². The van der Waals surface area contributed by atoms with Crippen LogP contribution in [0.15, 0.2) is 36.4 Å². The minimum atomic E-state index is -0.121. The van der Waals surface area contributed by atoms with Gasteiger partial charge < -0.3 is 4.90 Å². The number of nitrogens with zero attached hydrogens (tertiary/aromatic N) is 3. The topological polar surface area (TPSA) is 38.1 Å². The molecule has 0 saturated carbocycles. The van der Waals surface area contributed by atoms with E-state index < -0.39 is 0 Å². The summed E-state index contributed by atoms with van der Waals surface area (Å²) in [6, 6.07) is 12.1. The number of halogens is 1. The zero-order valence-corrected chi connectivity index (χ0v) is 16.6. The number of aryl methyl sites for hydroxylation is 1. The summed E-state index contributed by atoms with van der Waals surface area (Å²) in [6.07, 6.45) is 1.00. The molecule has 0 N–H and O–H groups in total. The molecule has 0 unspecified atom stereocenters. The van der Waals surface area contributed by atoms with Crippen molar-refractivity contribution < 1.29 is 4.79 Å². The molecule has 1 aromatic heterocycles. The summed E-state index contributed by atoms with van der Waals surface area (Å²) >= 11 is 6.45. The molecule has 0 atom stereocenters. The normalized spacial score (nSPS) is 11.3. The molecule has 3 aromatic rings. The number of imidazole rings is 1. The SMILES string of the molecule is CCc1ccc(-n2c(C(C)C)nc3cc(C(=O)N(C)C)c(Cl)cc32)cc1. The Balaban J connectivity index is 2.25. The fourth-order valence-electron chi connectivity index (χ4n) is 3.06. The van der Waals surface area contributed by atoms with Gasteiger partial charge in [-0.3, -0.25) is 9.36 Å². The van der Waals surface area contributed by atoms with E-state index in [-0.39, 0.29) is 11.8 Å². The standard InChI is InChI=1S/C21H24ClN3O/c1-6-14-7-9-15(10-8-14)25-19-12-17(22)16(21(26)24(4)5)11-18(19)23-20(25)13(2)3/h7-13H,6H2,1-5H3. The van der Waals surface area contributed by atoms with Crippen molar-refractivity contribution >= 4 is 28.5 Å². The third-order valence-corrected chi connectivity index (χ3v) is 4.84. The van der Waals surface area contributed by atoms with Crippen molar-refractivity contribution in [1.82, 2.24) is 14.5 Å². The molecule has 0 bridgehead atoms. The number of carbonyl (C=O) groups is 1. The van der Waals surface area contributed by atoms with Gasteiger partial charge in [0.25, 0.3) is 5.91 Å². The number of fused-ring (bicyclic) bond motifs is 1. The first-order valence-corrected chi connectivity index (χ1v) is 9.24. The van der Waals surface area contributed by atoms with Crippen LogP contribution in [0.3, 0.4) is 0 Å². The maximum Gasteiger partial charge on any atom is 0.254 e. The Bertz CT molecular complexity index is 956. The van der Waals surface area contributed by atoms with E-state index in [2.05, 4.69) is 49.6 Å². The average molecular weight is 370 g/mol. The van der Waals surface area contributed by atoms with Gasteiger partial charge in [-0.15, -0.1) is 0 Å². The van der Waals surface area contributed by atoms with Gasteiger partial charge in [0.1, 0.15) is 5.82 Å². The Morgan fingerprint density at radius 2 is 1.85 bits per heavy atom. The van der Waals surface area contributed by atoms with E-state index in [4.69, 9.17) is 16.6 Å². The van der Waals surface area contributed by atoms with Gasteiger partial charge in [-0.1, -0.05) is 44.5 Å². The third kappa shape index (κ3) is 3.21. The molecule has 3 rings (SSSR count). The summed E-state index contributed by atoms with van der Waals surface area (Å²) in [7, 11) is 3.44. The zero-order valence-electron chi connectivity index (χ0n) is 15.9. The molecule has 2 aromatic carbocycles. The van der Waals surface area contributed by atoms with Gasteiger partial charge in [0.15, 0.2) is 0 Å². The van der Waals surface area contributed by atoms with Gasteiger partial charge in [-0.25, -0.2) is 4.98 Å². The first-order chi connectivity index (χ1) is 12.3. The van der Waals surface area contributed by atoms with Crippen molar-refractivity contribution in [2.45, 2.75) is 33.1 Å². The monoisotopic (exact) mass is 369 g/mol. The van der Waals surface area contributed by atoms with Crippen LogP contribution in [0.25, 0.3) is 16.7 Å². The molecular formula is C21H24ClN3O. The van der Waals surface area contributed by atoms with Crippen LogP contribution in [-0.2, 0) is 6.42 Å². The largest absolute Gasteiger partial charge is 0.345 e. The molecule has 0 spiro atoms. The van der Waals surface area contributed by atoms with E-state index in [1.807, 2.05) is 6.07 Å². The first kappa shape index (κ1) is 18.5. The van der Waals surface area contributed by atoms with Crippen molar-refractivity contribution in [1.29, 1.82) is 0 Å². The van der Waals surface area contributed by atoms with Gasteiger partial charge in [0.05, 0.1) is 21.6 Å². The molecule has 0 saturated heterocycles. The molecule has 0 aliphatic carbocycles. The molecule has 0 aliphatic rings. The lowest BCUT2D eigenvalue weighted by molar-refractivity contribution is 0.0828. The number of hydrogen-bond donors (Lipinski definition) is 0. The second-order valence-electron chi connectivity index (χ2n) is 7.00. The van der Waals surface area contributed by atoms with E-state index in [9.17, 15) is 4.79 Å². The lowest BCUT2D eigenvalue weighted by Gasteiger charge is -2.13. The van der Waals surface area contributed by atoms with Crippen LogP contribution < -0.4 is 0 Å². The highest BCUT2D eigenvalue weighted by Crippen LogP contribution is 2.30. The lowest BCUT2D eigenvalue weighted by Crippen LogP contribution is -2.22. The fraction of sp³-hybridized carbons (Fsp3) is 0.333. The van der Waals surface area contributed by atoms with E-state index in [0.717, 1.165) is 29.0 Å². The van der Waals surface area contributed by atoms with Crippen molar-refractivity contribution in [2.75, 3.05) is 14.1 Å². The third-order valence-electron chi connectivity index (χ3n) is 4.53. The van der Waals surface area contributed by atoms with Crippen LogP contribution in [0.2, 0.25) is 5.02 Å². The van der Waals surface area contributed by atoms with Crippen LogP contribution in [0, 0.1) is 0 Å². The summed E-state index contributed by atoms with van der Waals surface area (Å²) in [4.78, 5) is 18.7. The van der Waals surface area contributed by atoms with Crippen LogP contribution in [0.1, 0.15) is 48.4 Å². The minimum absolute atomic E-state index is 0.121. The Morgan fingerprint density at radius 3 is 2.38 bits per heavy atom. The van der Waals surface area contributed by atoms with Crippen LogP contribution in [0.5, 0.6) is 0 Å². The second kappa shape index (κ2) is 7.12. The number of amides is 1. The maximum absolute atomic E-state index is 12.4. The highest BCUT2D eigenvalue weighted by atomic mass is 35.5. The summed E-state index contributed by atoms with van der Waals surface area (Å²) < 4.78 is 2.13. The predicted octanol–water partition coefficient (Wildman–Crippen LogP) is 5.07. The molecule has 0 radical (unpaired) electrons. The van der Waals surface area contributed by atoms with Gasteiger partial charge in [0, 0.05) is 25.7 Å². The molecule has 26 heavy (non-hydrogen) atoms. The first-order valence-electron chi connectivity index (χ1n) is 8.86. The Morgan fingerprint density at radius 1 is 1.19 bits per heavy atom. The van der Waals surface area contributed by atoms with Crippen LogP contribution in [-0.4, -0.2) is 34.5 Å². The number of rotatable bonds is 4. The molecule has 0 aliphatic heterocycles. The quantitative estimate of drug-likeness (QED) is 0.644. The molecule has 5 heteroatoms. The van der Waals surface area contributed by atoms with Crippen molar-refractivity contribution in [3.05, 3.63) is 58.4 Å². The predicted molar refractivity (Wildman–Crippen MR) is 108 cm³/mol. The summed E-state index contributed by atoms with van der Waals surface area (Å²) in [5.74, 6) is 1.07. The molecular weight excluding hydrogens is 346 g/mol. The Labute approximate surface area is 159 Å². The zero-order chi connectivity index (χ0) is 19.0. The Kier molecular flexibility index (Phi) is 5.05. The molecule has 4 nitrogen and oxygen atoms in total. The molecule has 0 fully saturated rings. The summed E-state index contributed by atoms with van der Waals surface area (Å²) in [5, 5.41) is 0.442. The van der Waals surface area contributed by atoms with Crippen LogP contribution >= 0.6 is 11.6 Å². The van der Waals surface area contributed by atoms with E-state index in [0.29, 0.717) is 10.6 Å². The number of benzene rings is 2. The molecule has 1 heterocycles. The fourth-order valence-corrected chi connectivity index (χ4v) is 3.30. The number of aromatic nitrogens is 2. The van der Waals surface area contributed by atoms with Crippen molar-refractivity contribution in [3.63, 3.8) is 0 Å². The average Bonchev–Trinajstić information content (AvgIpc) is 2.99. The lowest BCUT2D eigenvalue weighted by atomic mass is 10.1. The maximum atomic E-state index is 12.4. The highest BCUT2D eigenvalue weighted by Gasteiger charge is 2.20. The van der Waals surface area contributed by atoms with Crippen LogP contribution in [0.4, 0.5) is 0 Å². The van der Waals surface area contributed by atoms with E-state index in [1.165, 1.54) is 10.5 Å². The molecule has 1 amide bonds. The smallest absolute Gasteiger partial charge is 0.254 e. The van der Waals surface area contributed by atoms with Gasteiger partial charge in [0.2, 0.25) is 0 Å². The van der Waals surface area contributed by atoms with Gasteiger partial charge in [-0.05, 0) is 36.2 Å². The van der Waals surface area contributed by atoms with Crippen molar-refractivity contribution in [3.8, 4) is 5.69 Å². The molecule has 136 valence electrons.